The third kappa shape index (κ3) is 6.25. The Bertz CT molecular complexity index is 1380. The van der Waals surface area contributed by atoms with Crippen molar-refractivity contribution < 1.29 is 19.6 Å². The van der Waals surface area contributed by atoms with Gasteiger partial charge in [0.1, 0.15) is 6.04 Å². The number of H-pyrrole nitrogens is 1. The van der Waals surface area contributed by atoms with Crippen molar-refractivity contribution in [3.05, 3.63) is 113 Å². The number of hydroxylamine groups is 1. The Kier molecular flexibility index (Phi) is 7.90. The molecule has 0 bridgehead atoms. The second-order valence-corrected chi connectivity index (χ2v) is 8.22. The number of hydrogen-bond donors (Lipinski definition) is 5. The summed E-state index contributed by atoms with van der Waals surface area (Å²) in [5.74, 6) is -1.33. The predicted octanol–water partition coefficient (Wildman–Crippen LogP) is 3.34. The lowest BCUT2D eigenvalue weighted by molar-refractivity contribution is -0.124. The van der Waals surface area contributed by atoms with Crippen molar-refractivity contribution in [2.75, 3.05) is 0 Å². The average molecular weight is 483 g/mol. The van der Waals surface area contributed by atoms with Gasteiger partial charge >= 0.3 is 0 Å². The monoisotopic (exact) mass is 482 g/mol. The second kappa shape index (κ2) is 11.6. The zero-order valence-corrected chi connectivity index (χ0v) is 19.4. The Balaban J connectivity index is 1.50. The number of fused-ring (bicyclic) bond motifs is 1. The number of aromatic amines is 1. The van der Waals surface area contributed by atoms with Gasteiger partial charge in [0, 0.05) is 41.7 Å². The Morgan fingerprint density at radius 3 is 2.39 bits per heavy atom. The summed E-state index contributed by atoms with van der Waals surface area (Å²) in [4.78, 5) is 40.6. The Labute approximate surface area is 208 Å². The minimum atomic E-state index is -0.798. The molecular formula is C28H26N4O4. The van der Waals surface area contributed by atoms with Gasteiger partial charge in [0.2, 0.25) is 5.91 Å². The number of hydrogen-bond acceptors (Lipinski definition) is 4. The number of carbonyl (C=O) groups is 3. The predicted molar refractivity (Wildman–Crippen MR) is 137 cm³/mol. The Hall–Kier alpha value is -4.69. The van der Waals surface area contributed by atoms with E-state index < -0.39 is 17.9 Å². The van der Waals surface area contributed by atoms with E-state index in [-0.39, 0.29) is 5.91 Å². The van der Waals surface area contributed by atoms with E-state index in [1.807, 2.05) is 60.8 Å². The molecule has 36 heavy (non-hydrogen) atoms. The van der Waals surface area contributed by atoms with Crippen LogP contribution in [0.25, 0.3) is 17.0 Å². The number of nitrogens with one attached hydrogen (secondary N) is 4. The van der Waals surface area contributed by atoms with Crippen LogP contribution in [0.4, 0.5) is 0 Å². The molecule has 8 heteroatoms. The largest absolute Gasteiger partial charge is 0.361 e. The summed E-state index contributed by atoms with van der Waals surface area (Å²) in [6.07, 6.45) is 4.85. The maximum absolute atomic E-state index is 13.2. The molecule has 1 aromatic heterocycles. The minimum absolute atomic E-state index is 0.285. The summed E-state index contributed by atoms with van der Waals surface area (Å²) in [6.45, 7) is 0.350. The first kappa shape index (κ1) is 24.4. The summed E-state index contributed by atoms with van der Waals surface area (Å²) in [7, 11) is 0. The van der Waals surface area contributed by atoms with Crippen LogP contribution < -0.4 is 16.1 Å². The van der Waals surface area contributed by atoms with E-state index in [2.05, 4.69) is 15.6 Å². The molecule has 1 unspecified atom stereocenters. The van der Waals surface area contributed by atoms with E-state index in [4.69, 9.17) is 5.21 Å². The van der Waals surface area contributed by atoms with Gasteiger partial charge in [-0.15, -0.1) is 0 Å². The van der Waals surface area contributed by atoms with E-state index in [1.54, 1.807) is 24.3 Å². The second-order valence-electron chi connectivity index (χ2n) is 8.22. The smallest absolute Gasteiger partial charge is 0.267 e. The highest BCUT2D eigenvalue weighted by atomic mass is 16.5. The van der Waals surface area contributed by atoms with Gasteiger partial charge in [0.05, 0.1) is 0 Å². The first-order chi connectivity index (χ1) is 17.5. The van der Waals surface area contributed by atoms with Crippen LogP contribution in [-0.2, 0) is 22.6 Å². The lowest BCUT2D eigenvalue weighted by Crippen LogP contribution is -2.47. The number of benzene rings is 3. The standard InChI is InChI=1S/C28H26N4O4/c33-26(32-36)15-12-19-10-13-21(14-11-19)27(34)31-25(28(35)30-17-20-6-2-1-3-7-20)16-22-18-29-24-9-5-4-8-23(22)24/h1-15,18,25,29,36H,16-17H2,(H,30,35)(H,31,34)(H,32,33)/b15-12+. The molecule has 3 aromatic carbocycles. The van der Waals surface area contributed by atoms with Crippen LogP contribution in [0.3, 0.4) is 0 Å². The molecule has 0 spiro atoms. The van der Waals surface area contributed by atoms with E-state index in [9.17, 15) is 14.4 Å². The molecule has 0 saturated heterocycles. The lowest BCUT2D eigenvalue weighted by Gasteiger charge is -2.19. The number of para-hydroxylation sites is 1. The van der Waals surface area contributed by atoms with Crippen molar-refractivity contribution >= 4 is 34.7 Å². The van der Waals surface area contributed by atoms with E-state index in [0.717, 1.165) is 22.0 Å². The molecule has 3 amide bonds. The number of carbonyl (C=O) groups excluding carboxylic acids is 3. The molecule has 4 rings (SSSR count). The van der Waals surface area contributed by atoms with Gasteiger partial charge in [-0.25, -0.2) is 5.48 Å². The van der Waals surface area contributed by atoms with Crippen molar-refractivity contribution in [2.45, 2.75) is 19.0 Å². The lowest BCUT2D eigenvalue weighted by atomic mass is 10.0. The Morgan fingerprint density at radius 2 is 1.64 bits per heavy atom. The highest BCUT2D eigenvalue weighted by molar-refractivity contribution is 5.98. The molecule has 0 aliphatic carbocycles. The molecule has 0 aliphatic heterocycles. The van der Waals surface area contributed by atoms with Gasteiger partial charge in [-0.1, -0.05) is 60.7 Å². The molecule has 182 valence electrons. The summed E-state index contributed by atoms with van der Waals surface area (Å²) in [6, 6.07) is 23.1. The zero-order valence-electron chi connectivity index (χ0n) is 19.4. The van der Waals surface area contributed by atoms with Gasteiger partial charge in [-0.3, -0.25) is 19.6 Å². The molecular weight excluding hydrogens is 456 g/mol. The Morgan fingerprint density at radius 1 is 0.917 bits per heavy atom. The topological polar surface area (TPSA) is 123 Å². The third-order valence-corrected chi connectivity index (χ3v) is 5.74. The molecule has 0 aliphatic rings. The van der Waals surface area contributed by atoms with Crippen LogP contribution in [0, 0.1) is 0 Å². The van der Waals surface area contributed by atoms with Crippen molar-refractivity contribution in [3.63, 3.8) is 0 Å². The van der Waals surface area contributed by atoms with E-state index in [1.165, 1.54) is 17.6 Å². The summed E-state index contributed by atoms with van der Waals surface area (Å²) in [5.41, 5.74) is 5.41. The van der Waals surface area contributed by atoms with Crippen LogP contribution in [0.5, 0.6) is 0 Å². The van der Waals surface area contributed by atoms with E-state index in [0.29, 0.717) is 24.1 Å². The van der Waals surface area contributed by atoms with Crippen LogP contribution in [0.2, 0.25) is 0 Å². The van der Waals surface area contributed by atoms with Crippen LogP contribution in [0.15, 0.2) is 91.1 Å². The summed E-state index contributed by atoms with van der Waals surface area (Å²) in [5, 5.41) is 15.4. The number of amides is 3. The van der Waals surface area contributed by atoms with Crippen LogP contribution in [-0.4, -0.2) is 34.0 Å². The number of aromatic nitrogens is 1. The summed E-state index contributed by atoms with van der Waals surface area (Å²) >= 11 is 0. The molecule has 4 aromatic rings. The van der Waals surface area contributed by atoms with Gasteiger partial charge < -0.3 is 15.6 Å². The number of rotatable bonds is 9. The normalized spacial score (nSPS) is 11.8. The van der Waals surface area contributed by atoms with Crippen LogP contribution >= 0.6 is 0 Å². The highest BCUT2D eigenvalue weighted by Gasteiger charge is 2.23. The van der Waals surface area contributed by atoms with Crippen molar-refractivity contribution in [3.8, 4) is 0 Å². The quantitative estimate of drug-likeness (QED) is 0.143. The fourth-order valence-corrected chi connectivity index (χ4v) is 3.83. The van der Waals surface area contributed by atoms with Gasteiger partial charge in [0.25, 0.3) is 11.8 Å². The molecule has 5 N–H and O–H groups in total. The molecule has 8 nitrogen and oxygen atoms in total. The fraction of sp³-hybridized carbons (Fsp3) is 0.107. The van der Waals surface area contributed by atoms with Crippen molar-refractivity contribution in [1.82, 2.24) is 21.1 Å². The van der Waals surface area contributed by atoms with E-state index >= 15 is 0 Å². The van der Waals surface area contributed by atoms with Gasteiger partial charge in [0.15, 0.2) is 0 Å². The van der Waals surface area contributed by atoms with Crippen molar-refractivity contribution in [1.29, 1.82) is 0 Å². The van der Waals surface area contributed by atoms with Crippen LogP contribution in [0.1, 0.15) is 27.0 Å². The molecule has 0 fully saturated rings. The highest BCUT2D eigenvalue weighted by Crippen LogP contribution is 2.19. The SMILES string of the molecule is O=C(/C=C/c1ccc(C(=O)NC(Cc2c[nH]c3ccccc23)C(=O)NCc2ccccc2)cc1)NO. The maximum atomic E-state index is 13.2. The zero-order chi connectivity index (χ0) is 25.3. The molecule has 1 heterocycles. The van der Waals surface area contributed by atoms with Gasteiger partial charge in [-0.05, 0) is 41.0 Å². The first-order valence-corrected chi connectivity index (χ1v) is 11.4. The molecule has 0 radical (unpaired) electrons. The average Bonchev–Trinajstić information content (AvgIpc) is 3.33. The van der Waals surface area contributed by atoms with Crippen molar-refractivity contribution in [2.24, 2.45) is 0 Å². The minimum Gasteiger partial charge on any atom is -0.361 e. The maximum Gasteiger partial charge on any atom is 0.267 e. The molecule has 0 saturated carbocycles. The third-order valence-electron chi connectivity index (χ3n) is 5.74. The first-order valence-electron chi connectivity index (χ1n) is 11.4. The fourth-order valence-electron chi connectivity index (χ4n) is 3.83. The molecule has 1 atom stereocenters. The van der Waals surface area contributed by atoms with Gasteiger partial charge in [-0.2, -0.15) is 0 Å². The summed E-state index contributed by atoms with van der Waals surface area (Å²) < 4.78 is 0.